The SMILES string of the molecule is CN(C)CCc1cccc(Nc2nccc(-c3c(-c4ccc5nc(Nc6ccccc6)[nH]c5c4)nc4ccccn34)n2)c1. The number of hydrogen-bond donors (Lipinski definition) is 3. The normalized spacial score (nSPS) is 11.4. The Hall–Kier alpha value is -5.54. The smallest absolute Gasteiger partial charge is 0.227 e. The third-order valence-corrected chi connectivity index (χ3v) is 7.25. The summed E-state index contributed by atoms with van der Waals surface area (Å²) >= 11 is 0. The third-order valence-electron chi connectivity index (χ3n) is 7.25. The number of para-hydroxylation sites is 1. The van der Waals surface area contributed by atoms with Gasteiger partial charge in [-0.3, -0.25) is 4.40 Å². The van der Waals surface area contributed by atoms with Gasteiger partial charge >= 0.3 is 0 Å². The molecule has 0 aliphatic heterocycles. The summed E-state index contributed by atoms with van der Waals surface area (Å²) in [7, 11) is 4.17. The largest absolute Gasteiger partial charge is 0.326 e. The minimum absolute atomic E-state index is 0.528. The fourth-order valence-electron chi connectivity index (χ4n) is 5.15. The quantitative estimate of drug-likeness (QED) is 0.175. The second kappa shape index (κ2) is 11.4. The van der Waals surface area contributed by atoms with Crippen molar-refractivity contribution < 1.29 is 0 Å². The lowest BCUT2D eigenvalue weighted by molar-refractivity contribution is 0.413. The van der Waals surface area contributed by atoms with Gasteiger partial charge in [0.25, 0.3) is 0 Å². The Morgan fingerprint density at radius 2 is 1.65 bits per heavy atom. The summed E-state index contributed by atoms with van der Waals surface area (Å²) in [6.45, 7) is 0.988. The first-order chi connectivity index (χ1) is 21.1. The zero-order valence-electron chi connectivity index (χ0n) is 24.0. The summed E-state index contributed by atoms with van der Waals surface area (Å²) in [6.07, 6.45) is 4.77. The average molecular weight is 566 g/mol. The molecule has 7 aromatic rings. The van der Waals surface area contributed by atoms with Crippen LogP contribution in [-0.4, -0.2) is 54.9 Å². The lowest BCUT2D eigenvalue weighted by Gasteiger charge is -2.11. The number of fused-ring (bicyclic) bond motifs is 2. The minimum Gasteiger partial charge on any atom is -0.326 e. The summed E-state index contributed by atoms with van der Waals surface area (Å²) in [5, 5.41) is 6.74. The summed E-state index contributed by atoms with van der Waals surface area (Å²) < 4.78 is 2.07. The monoisotopic (exact) mass is 565 g/mol. The molecule has 7 rings (SSSR count). The Kier molecular flexibility index (Phi) is 6.98. The highest BCUT2D eigenvalue weighted by Crippen LogP contribution is 2.34. The van der Waals surface area contributed by atoms with E-state index in [1.807, 2.05) is 72.9 Å². The molecule has 43 heavy (non-hydrogen) atoms. The van der Waals surface area contributed by atoms with Crippen LogP contribution in [-0.2, 0) is 6.42 Å². The van der Waals surface area contributed by atoms with E-state index in [2.05, 4.69) is 74.3 Å². The van der Waals surface area contributed by atoms with Crippen molar-refractivity contribution in [3.05, 3.63) is 115 Å². The van der Waals surface area contributed by atoms with Crippen LogP contribution in [0.25, 0.3) is 39.3 Å². The Morgan fingerprint density at radius 3 is 2.53 bits per heavy atom. The highest BCUT2D eigenvalue weighted by molar-refractivity contribution is 5.88. The Bertz CT molecular complexity index is 2030. The Labute approximate surface area is 249 Å². The molecule has 212 valence electrons. The van der Waals surface area contributed by atoms with Gasteiger partial charge in [-0.15, -0.1) is 0 Å². The minimum atomic E-state index is 0.528. The first-order valence-electron chi connectivity index (χ1n) is 14.2. The molecule has 4 heterocycles. The molecule has 4 aromatic heterocycles. The number of hydrogen-bond acceptors (Lipinski definition) is 7. The lowest BCUT2D eigenvalue weighted by atomic mass is 10.1. The molecule has 3 N–H and O–H groups in total. The van der Waals surface area contributed by atoms with Gasteiger partial charge in [-0.1, -0.05) is 42.5 Å². The zero-order chi connectivity index (χ0) is 29.2. The molecule has 0 amide bonds. The highest BCUT2D eigenvalue weighted by atomic mass is 15.1. The van der Waals surface area contributed by atoms with E-state index in [9.17, 15) is 0 Å². The van der Waals surface area contributed by atoms with E-state index in [0.717, 1.165) is 63.7 Å². The molecular formula is C34H31N9. The van der Waals surface area contributed by atoms with Gasteiger partial charge in [-0.05, 0) is 80.7 Å². The number of aromatic amines is 1. The van der Waals surface area contributed by atoms with Crippen molar-refractivity contribution in [2.24, 2.45) is 0 Å². The Morgan fingerprint density at radius 1 is 0.791 bits per heavy atom. The van der Waals surface area contributed by atoms with Crippen LogP contribution in [0.5, 0.6) is 0 Å². The van der Waals surface area contributed by atoms with Crippen molar-refractivity contribution in [3.8, 4) is 22.6 Å². The molecule has 0 saturated carbocycles. The second-order valence-corrected chi connectivity index (χ2v) is 10.7. The predicted molar refractivity (Wildman–Crippen MR) is 173 cm³/mol. The molecule has 0 aliphatic rings. The number of benzene rings is 3. The van der Waals surface area contributed by atoms with Crippen molar-refractivity contribution in [3.63, 3.8) is 0 Å². The molecule has 9 heteroatoms. The van der Waals surface area contributed by atoms with Crippen molar-refractivity contribution in [1.82, 2.24) is 34.2 Å². The molecule has 0 fully saturated rings. The molecular weight excluding hydrogens is 534 g/mol. The van der Waals surface area contributed by atoms with Gasteiger partial charge < -0.3 is 20.5 Å². The predicted octanol–water partition coefficient (Wildman–Crippen LogP) is 6.93. The number of likely N-dealkylation sites (N-methyl/N-ethyl adjacent to an activating group) is 1. The first-order valence-corrected chi connectivity index (χ1v) is 14.2. The third kappa shape index (κ3) is 5.66. The topological polar surface area (TPSA) is 99.1 Å². The van der Waals surface area contributed by atoms with Gasteiger partial charge in [0, 0.05) is 35.9 Å². The summed E-state index contributed by atoms with van der Waals surface area (Å²) in [5.74, 6) is 1.21. The number of aromatic nitrogens is 6. The molecule has 3 aromatic carbocycles. The van der Waals surface area contributed by atoms with Crippen LogP contribution in [0.1, 0.15) is 5.56 Å². The van der Waals surface area contributed by atoms with Crippen LogP contribution >= 0.6 is 0 Å². The fourth-order valence-corrected chi connectivity index (χ4v) is 5.15. The zero-order valence-corrected chi connectivity index (χ0v) is 24.0. The van der Waals surface area contributed by atoms with E-state index in [1.54, 1.807) is 6.20 Å². The van der Waals surface area contributed by atoms with Crippen molar-refractivity contribution in [2.45, 2.75) is 6.42 Å². The number of nitrogens with zero attached hydrogens (tertiary/aromatic N) is 6. The number of nitrogens with one attached hydrogen (secondary N) is 3. The van der Waals surface area contributed by atoms with Gasteiger partial charge in [-0.25, -0.2) is 19.9 Å². The second-order valence-electron chi connectivity index (χ2n) is 10.7. The van der Waals surface area contributed by atoms with Crippen molar-refractivity contribution in [2.75, 3.05) is 31.3 Å². The molecule has 9 nitrogen and oxygen atoms in total. The molecule has 0 bridgehead atoms. The summed E-state index contributed by atoms with van der Waals surface area (Å²) in [5.41, 5.74) is 9.26. The molecule has 0 unspecified atom stereocenters. The van der Waals surface area contributed by atoms with Crippen molar-refractivity contribution in [1.29, 1.82) is 0 Å². The van der Waals surface area contributed by atoms with Gasteiger partial charge in [-0.2, -0.15) is 0 Å². The number of pyridine rings is 1. The Balaban J connectivity index is 1.24. The number of rotatable bonds is 9. The van der Waals surface area contributed by atoms with Gasteiger partial charge in [0.1, 0.15) is 5.65 Å². The van der Waals surface area contributed by atoms with Crippen LogP contribution in [0.4, 0.5) is 23.3 Å². The summed E-state index contributed by atoms with van der Waals surface area (Å²) in [6, 6.07) is 32.5. The molecule has 0 aliphatic carbocycles. The van der Waals surface area contributed by atoms with E-state index >= 15 is 0 Å². The van der Waals surface area contributed by atoms with Crippen LogP contribution < -0.4 is 10.6 Å². The van der Waals surface area contributed by atoms with Crippen LogP contribution in [0.2, 0.25) is 0 Å². The standard InChI is InChI=1S/C34H31N9/c1-42(2)20-17-23-9-8-12-26(21-23)37-33-35-18-16-28(39-33)32-31(41-30-13-6-7-19-43(30)32)24-14-15-27-29(22-24)40-34(38-27)36-25-10-4-3-5-11-25/h3-16,18-19,21-22H,17,20H2,1-2H3,(H,35,37,39)(H2,36,38,40). The maximum atomic E-state index is 5.03. The number of H-pyrrole nitrogens is 1. The maximum Gasteiger partial charge on any atom is 0.227 e. The molecule has 0 atom stereocenters. The molecule has 0 radical (unpaired) electrons. The average Bonchev–Trinajstić information content (AvgIpc) is 3.61. The van der Waals surface area contributed by atoms with E-state index < -0.39 is 0 Å². The summed E-state index contributed by atoms with van der Waals surface area (Å²) in [4.78, 5) is 24.8. The van der Waals surface area contributed by atoms with Crippen molar-refractivity contribution >= 4 is 40.0 Å². The van der Waals surface area contributed by atoms with E-state index in [1.165, 1.54) is 5.56 Å². The molecule has 0 saturated heterocycles. The van der Waals surface area contributed by atoms with Crippen LogP contribution in [0.15, 0.2) is 109 Å². The maximum absolute atomic E-state index is 5.03. The van der Waals surface area contributed by atoms with Crippen LogP contribution in [0, 0.1) is 0 Å². The van der Waals surface area contributed by atoms with Crippen LogP contribution in [0.3, 0.4) is 0 Å². The lowest BCUT2D eigenvalue weighted by Crippen LogP contribution is -2.15. The van der Waals surface area contributed by atoms with E-state index in [4.69, 9.17) is 15.0 Å². The van der Waals surface area contributed by atoms with Gasteiger partial charge in [0.15, 0.2) is 0 Å². The number of imidazole rings is 2. The van der Waals surface area contributed by atoms with Gasteiger partial charge in [0.2, 0.25) is 11.9 Å². The molecule has 0 spiro atoms. The fraction of sp³-hybridized carbons (Fsp3) is 0.118. The highest BCUT2D eigenvalue weighted by Gasteiger charge is 2.19. The van der Waals surface area contributed by atoms with Gasteiger partial charge in [0.05, 0.1) is 28.1 Å². The first kappa shape index (κ1) is 26.4. The number of anilines is 4. The van der Waals surface area contributed by atoms with E-state index in [0.29, 0.717) is 11.9 Å². The van der Waals surface area contributed by atoms with E-state index in [-0.39, 0.29) is 0 Å².